The highest BCUT2D eigenvalue weighted by Crippen LogP contribution is 2.52. The van der Waals surface area contributed by atoms with E-state index in [-0.39, 0.29) is 30.7 Å². The number of aliphatic imine (C=N–C) groups is 1. The molecule has 1 aliphatic rings. The van der Waals surface area contributed by atoms with Gasteiger partial charge in [-0.15, -0.1) is 0 Å². The Morgan fingerprint density at radius 1 is 1.24 bits per heavy atom. The molecule has 3 unspecified atom stereocenters. The van der Waals surface area contributed by atoms with E-state index in [1.165, 1.54) is 40.5 Å². The van der Waals surface area contributed by atoms with Gasteiger partial charge in [-0.25, -0.2) is 21.0 Å². The number of H-pyrrole nitrogens is 1. The number of hydrogen-bond donors (Lipinski definition) is 1. The predicted molar refractivity (Wildman–Crippen MR) is 142 cm³/mol. The van der Waals surface area contributed by atoms with Crippen molar-refractivity contribution in [2.45, 2.75) is 71.4 Å². The van der Waals surface area contributed by atoms with Crippen molar-refractivity contribution < 1.29 is 32.1 Å². The lowest BCUT2D eigenvalue weighted by molar-refractivity contribution is -0.0522. The van der Waals surface area contributed by atoms with Crippen LogP contribution in [0.25, 0.3) is 4.85 Å². The van der Waals surface area contributed by atoms with Crippen molar-refractivity contribution in [2.24, 2.45) is 4.99 Å². The third-order valence-corrected chi connectivity index (χ3v) is 9.61. The van der Waals surface area contributed by atoms with Crippen LogP contribution in [-0.4, -0.2) is 84.7 Å². The van der Waals surface area contributed by atoms with Gasteiger partial charge in [0, 0.05) is 45.7 Å². The van der Waals surface area contributed by atoms with E-state index in [1.54, 1.807) is 0 Å². The zero-order valence-corrected chi connectivity index (χ0v) is 24.7. The predicted octanol–water partition coefficient (Wildman–Crippen LogP) is 2.98. The second-order valence-electron chi connectivity index (χ2n) is 8.76. The minimum atomic E-state index is -3.71. The molecule has 0 aromatic carbocycles. The number of rotatable bonds is 14. The summed E-state index contributed by atoms with van der Waals surface area (Å²) in [6, 6.07) is 1.21. The lowest BCUT2D eigenvalue weighted by Gasteiger charge is -2.37. The topological polar surface area (TPSA) is 147 Å². The van der Waals surface area contributed by atoms with E-state index < -0.39 is 52.0 Å². The summed E-state index contributed by atoms with van der Waals surface area (Å²) < 4.78 is 50.7. The molecule has 38 heavy (non-hydrogen) atoms. The first-order chi connectivity index (χ1) is 17.9. The second kappa shape index (κ2) is 14.6. The maximum atomic E-state index is 13.0. The molecule has 2 heterocycles. The van der Waals surface area contributed by atoms with Crippen LogP contribution in [0.1, 0.15) is 40.8 Å². The summed E-state index contributed by atoms with van der Waals surface area (Å²) in [7, 11) is -1.57. The van der Waals surface area contributed by atoms with Crippen molar-refractivity contribution in [3.63, 3.8) is 0 Å². The zero-order valence-electron chi connectivity index (χ0n) is 22.9. The molecule has 1 N–H and O–H groups in total. The number of nitrogens with zero attached hydrogens (tertiary/aromatic N) is 4. The van der Waals surface area contributed by atoms with Crippen LogP contribution < -0.4 is 11.2 Å². The minimum absolute atomic E-state index is 0.0147. The fraction of sp³-hybridized carbons (Fsp3) is 0.727. The first kappa shape index (κ1) is 32.4. The van der Waals surface area contributed by atoms with E-state index in [0.717, 1.165) is 4.57 Å². The van der Waals surface area contributed by atoms with Crippen molar-refractivity contribution in [3.05, 3.63) is 44.5 Å². The highest BCUT2D eigenvalue weighted by Gasteiger charge is 2.50. The smallest absolute Gasteiger partial charge is 0.374 e. The van der Waals surface area contributed by atoms with Crippen LogP contribution in [0.5, 0.6) is 0 Å². The van der Waals surface area contributed by atoms with E-state index in [4.69, 9.17) is 34.1 Å². The lowest BCUT2D eigenvalue weighted by Crippen LogP contribution is -2.41. The molecule has 0 saturated carbocycles. The molecule has 5 atom stereocenters. The molecule has 14 nitrogen and oxygen atoms in total. The van der Waals surface area contributed by atoms with Crippen LogP contribution >= 0.6 is 16.1 Å². The van der Waals surface area contributed by atoms with E-state index in [1.807, 2.05) is 32.4 Å². The average Bonchev–Trinajstić information content (AvgIpc) is 3.19. The van der Waals surface area contributed by atoms with Crippen molar-refractivity contribution >= 4 is 21.6 Å². The Balaban J connectivity index is 2.61. The molecule has 2 rings (SSSR count). The maximum absolute atomic E-state index is 13.0. The Labute approximate surface area is 223 Å². The van der Waals surface area contributed by atoms with Crippen molar-refractivity contribution in [1.29, 1.82) is 0 Å². The van der Waals surface area contributed by atoms with Crippen molar-refractivity contribution in [2.75, 3.05) is 34.5 Å². The Hall–Kier alpha value is -1.78. The zero-order chi connectivity index (χ0) is 28.6. The molecule has 1 aliphatic heterocycles. The summed E-state index contributed by atoms with van der Waals surface area (Å²) >= 11 is 0. The van der Waals surface area contributed by atoms with Gasteiger partial charge in [0.1, 0.15) is 24.3 Å². The highest BCUT2D eigenvalue weighted by molar-refractivity contribution is 7.72. The number of methoxy groups -OCH3 is 1. The van der Waals surface area contributed by atoms with Gasteiger partial charge in [-0.3, -0.25) is 18.9 Å². The van der Waals surface area contributed by atoms with Gasteiger partial charge in [0.25, 0.3) is 14.1 Å². The standard InChI is InChI=1S/C22H37N5O9P2/c1-14(2)27(15(3)4)37(34-13-11-23-6)36-18-19(31-7)21(26-12-10-17(28)25-22(26)29)35-20(18)24-16(5)38(30,32-8)33-9/h10,12,14-15,18-21H,11,13H2,1-5,7-9H3,(H,25,28,29)/b24-16+/t18?,19?,20-,21+,37?/m0/s1. The molecule has 0 radical (unpaired) electrons. The van der Waals surface area contributed by atoms with Gasteiger partial charge in [0.2, 0.25) is 6.54 Å². The van der Waals surface area contributed by atoms with E-state index in [2.05, 4.69) is 14.8 Å². The summed E-state index contributed by atoms with van der Waals surface area (Å²) in [5.74, 6) is 0. The van der Waals surface area contributed by atoms with Crippen LogP contribution in [-0.2, 0) is 32.1 Å². The maximum Gasteiger partial charge on any atom is 0.374 e. The highest BCUT2D eigenvalue weighted by atomic mass is 31.2. The van der Waals surface area contributed by atoms with Crippen molar-refractivity contribution in [1.82, 2.24) is 14.2 Å². The molecule has 0 spiro atoms. The first-order valence-corrected chi connectivity index (χ1v) is 14.6. The third kappa shape index (κ3) is 7.66. The van der Waals surface area contributed by atoms with Gasteiger partial charge in [-0.2, -0.15) is 0 Å². The van der Waals surface area contributed by atoms with Gasteiger partial charge < -0.3 is 32.4 Å². The van der Waals surface area contributed by atoms with Crippen LogP contribution in [0.3, 0.4) is 0 Å². The van der Waals surface area contributed by atoms with E-state index in [9.17, 15) is 14.2 Å². The molecule has 0 aliphatic carbocycles. The monoisotopic (exact) mass is 577 g/mol. The molecular weight excluding hydrogens is 540 g/mol. The largest absolute Gasteiger partial charge is 0.374 e. The molecule has 0 amide bonds. The Morgan fingerprint density at radius 3 is 2.37 bits per heavy atom. The second-order valence-corrected chi connectivity index (χ2v) is 12.5. The minimum Gasteiger partial charge on any atom is -0.374 e. The summed E-state index contributed by atoms with van der Waals surface area (Å²) in [6.07, 6.45) is -2.77. The quantitative estimate of drug-likeness (QED) is 0.151. The number of nitrogens with one attached hydrogen (secondary N) is 1. The van der Waals surface area contributed by atoms with Gasteiger partial charge >= 0.3 is 13.3 Å². The Kier molecular flexibility index (Phi) is 12.4. The first-order valence-electron chi connectivity index (χ1n) is 11.9. The van der Waals surface area contributed by atoms with Crippen LogP contribution in [0, 0.1) is 6.57 Å². The Morgan fingerprint density at radius 2 is 1.87 bits per heavy atom. The summed E-state index contributed by atoms with van der Waals surface area (Å²) in [4.78, 5) is 34.3. The molecule has 1 aromatic heterocycles. The number of aromatic nitrogens is 2. The molecule has 16 heteroatoms. The molecule has 1 saturated heterocycles. The molecule has 214 valence electrons. The summed E-state index contributed by atoms with van der Waals surface area (Å²) in [6.45, 7) is 16.8. The van der Waals surface area contributed by atoms with Gasteiger partial charge in [-0.05, 0) is 34.6 Å². The van der Waals surface area contributed by atoms with E-state index >= 15 is 0 Å². The molecule has 1 fully saturated rings. The number of aromatic amines is 1. The Bertz CT molecular complexity index is 1130. The third-order valence-electron chi connectivity index (χ3n) is 5.62. The molecular formula is C22H37N5O9P2. The lowest BCUT2D eigenvalue weighted by atomic mass is 10.2. The summed E-state index contributed by atoms with van der Waals surface area (Å²) in [5.41, 5.74) is -1.27. The molecule has 1 aromatic rings. The van der Waals surface area contributed by atoms with Gasteiger partial charge in [0.15, 0.2) is 12.5 Å². The van der Waals surface area contributed by atoms with Crippen LogP contribution in [0.15, 0.2) is 26.8 Å². The number of ether oxygens (including phenoxy) is 2. The van der Waals surface area contributed by atoms with Crippen molar-refractivity contribution in [3.8, 4) is 0 Å². The average molecular weight is 578 g/mol. The summed E-state index contributed by atoms with van der Waals surface area (Å²) in [5, 5.41) is 0. The van der Waals surface area contributed by atoms with Crippen LogP contribution in [0.4, 0.5) is 0 Å². The fourth-order valence-electron chi connectivity index (χ4n) is 3.93. The molecule has 0 bridgehead atoms. The number of hydrogen-bond acceptors (Lipinski definition) is 11. The van der Waals surface area contributed by atoms with Gasteiger partial charge in [0.05, 0.1) is 0 Å². The van der Waals surface area contributed by atoms with Crippen LogP contribution in [0.2, 0.25) is 0 Å². The van der Waals surface area contributed by atoms with Gasteiger partial charge in [-0.1, -0.05) is 0 Å². The normalized spacial score (nSPS) is 23.4. The fourth-order valence-corrected chi connectivity index (χ4v) is 6.59. The van der Waals surface area contributed by atoms with E-state index in [0.29, 0.717) is 0 Å². The SMILES string of the molecule is [C-]#[N+]CCOP(OC1C(OC)[C@H](n2ccc(=O)[nH]c2=O)O[C@@H]1/N=C(\C)P(=O)(OC)OC)N(C(C)C)C(C)C.